The van der Waals surface area contributed by atoms with Crippen molar-refractivity contribution < 1.29 is 0 Å². The Morgan fingerprint density at radius 1 is 1.30 bits per heavy atom. The van der Waals surface area contributed by atoms with E-state index in [4.69, 9.17) is 0 Å². The Bertz CT molecular complexity index is 445. The normalized spacial score (nSPS) is 23.4. The van der Waals surface area contributed by atoms with Gasteiger partial charge in [0.15, 0.2) is 0 Å². The minimum Gasteiger partial charge on any atom is -0.368 e. The van der Waals surface area contributed by atoms with E-state index in [2.05, 4.69) is 72.0 Å². The van der Waals surface area contributed by atoms with Gasteiger partial charge in [0.05, 0.1) is 0 Å². The lowest BCUT2D eigenvalue weighted by Crippen LogP contribution is -2.41. The van der Waals surface area contributed by atoms with Crippen molar-refractivity contribution in [2.45, 2.75) is 59.2 Å². The number of hydrogen-bond donors (Lipinski definition) is 1. The maximum atomic E-state index is 3.61. The highest BCUT2D eigenvalue weighted by Gasteiger charge is 2.24. The third-order valence-electron chi connectivity index (χ3n) is 4.17. The lowest BCUT2D eigenvalue weighted by Gasteiger charge is -2.39. The Balaban J connectivity index is 2.24. The van der Waals surface area contributed by atoms with Crippen LogP contribution in [0.5, 0.6) is 0 Å². The molecule has 0 radical (unpaired) electrons. The molecule has 0 aromatic heterocycles. The minimum atomic E-state index is 0.513. The van der Waals surface area contributed by atoms with Crippen molar-refractivity contribution in [2.75, 3.05) is 11.4 Å². The predicted octanol–water partition coefficient (Wildman–Crippen LogP) is 4.57. The fourth-order valence-corrected chi connectivity index (χ4v) is 3.32. The van der Waals surface area contributed by atoms with Gasteiger partial charge in [-0.1, -0.05) is 36.7 Å². The van der Waals surface area contributed by atoms with Gasteiger partial charge in [-0.05, 0) is 49.4 Å². The van der Waals surface area contributed by atoms with Crippen LogP contribution >= 0.6 is 15.9 Å². The summed E-state index contributed by atoms with van der Waals surface area (Å²) in [4.78, 5) is 2.60. The zero-order valence-corrected chi connectivity index (χ0v) is 14.7. The van der Waals surface area contributed by atoms with Crippen molar-refractivity contribution in [1.82, 2.24) is 5.32 Å². The van der Waals surface area contributed by atoms with Crippen LogP contribution in [0.25, 0.3) is 0 Å². The number of benzene rings is 1. The highest BCUT2D eigenvalue weighted by Crippen LogP contribution is 2.31. The highest BCUT2D eigenvalue weighted by atomic mass is 79.9. The van der Waals surface area contributed by atoms with Gasteiger partial charge in [0.25, 0.3) is 0 Å². The number of hydrogen-bond acceptors (Lipinski definition) is 2. The molecule has 20 heavy (non-hydrogen) atoms. The smallest absolute Gasteiger partial charge is 0.0415 e. The molecule has 1 saturated heterocycles. The monoisotopic (exact) mass is 338 g/mol. The number of piperidine rings is 1. The molecule has 2 unspecified atom stereocenters. The van der Waals surface area contributed by atoms with E-state index < -0.39 is 0 Å². The Kier molecular flexibility index (Phi) is 5.50. The zero-order chi connectivity index (χ0) is 14.7. The summed E-state index contributed by atoms with van der Waals surface area (Å²) in [5, 5.41) is 3.55. The van der Waals surface area contributed by atoms with Gasteiger partial charge >= 0.3 is 0 Å². The first-order chi connectivity index (χ1) is 9.47. The molecule has 1 aromatic carbocycles. The quantitative estimate of drug-likeness (QED) is 0.864. The largest absolute Gasteiger partial charge is 0.368 e. The fraction of sp³-hybridized carbons (Fsp3) is 0.647. The van der Waals surface area contributed by atoms with Crippen molar-refractivity contribution in [3.05, 3.63) is 28.2 Å². The fourth-order valence-electron chi connectivity index (χ4n) is 2.91. The van der Waals surface area contributed by atoms with E-state index in [1.165, 1.54) is 35.1 Å². The van der Waals surface area contributed by atoms with Crippen molar-refractivity contribution in [3.8, 4) is 0 Å². The van der Waals surface area contributed by atoms with Crippen LogP contribution < -0.4 is 10.2 Å². The van der Waals surface area contributed by atoms with Crippen molar-refractivity contribution >= 4 is 21.6 Å². The van der Waals surface area contributed by atoms with Crippen LogP contribution in [0.15, 0.2) is 22.7 Å². The number of rotatable bonds is 4. The average Bonchev–Trinajstić information content (AvgIpc) is 2.39. The third kappa shape index (κ3) is 3.98. The Hall–Kier alpha value is -0.540. The molecule has 1 heterocycles. The summed E-state index contributed by atoms with van der Waals surface area (Å²) in [5.74, 6) is 0.792. The average molecular weight is 339 g/mol. The van der Waals surface area contributed by atoms with Gasteiger partial charge < -0.3 is 10.2 Å². The van der Waals surface area contributed by atoms with Gasteiger partial charge in [-0.2, -0.15) is 0 Å². The number of anilines is 1. The summed E-state index contributed by atoms with van der Waals surface area (Å²) < 4.78 is 1.17. The molecule has 2 rings (SSSR count). The lowest BCUT2D eigenvalue weighted by atomic mass is 9.93. The van der Waals surface area contributed by atoms with Gasteiger partial charge in [-0.3, -0.25) is 0 Å². The van der Waals surface area contributed by atoms with Crippen LogP contribution in [0.4, 0.5) is 5.69 Å². The first-order valence-electron chi connectivity index (χ1n) is 7.75. The van der Waals surface area contributed by atoms with Crippen LogP contribution in [-0.2, 0) is 6.54 Å². The first kappa shape index (κ1) is 15.8. The van der Waals surface area contributed by atoms with Gasteiger partial charge in [0.1, 0.15) is 0 Å². The van der Waals surface area contributed by atoms with Gasteiger partial charge in [-0.25, -0.2) is 0 Å². The van der Waals surface area contributed by atoms with E-state index in [-0.39, 0.29) is 0 Å². The second-order valence-electron chi connectivity index (χ2n) is 6.49. The molecule has 1 aromatic rings. The van der Waals surface area contributed by atoms with Crippen molar-refractivity contribution in [1.29, 1.82) is 0 Å². The van der Waals surface area contributed by atoms with Crippen molar-refractivity contribution in [2.24, 2.45) is 5.92 Å². The second kappa shape index (κ2) is 6.95. The predicted molar refractivity (Wildman–Crippen MR) is 91.3 cm³/mol. The highest BCUT2D eigenvalue weighted by molar-refractivity contribution is 9.10. The summed E-state index contributed by atoms with van der Waals surface area (Å²) in [5.41, 5.74) is 2.80. The lowest BCUT2D eigenvalue weighted by molar-refractivity contribution is 0.389. The molecule has 112 valence electrons. The van der Waals surface area contributed by atoms with Crippen molar-refractivity contribution in [3.63, 3.8) is 0 Å². The summed E-state index contributed by atoms with van der Waals surface area (Å²) in [6.07, 6.45) is 2.65. The topological polar surface area (TPSA) is 15.3 Å². The summed E-state index contributed by atoms with van der Waals surface area (Å²) in [6, 6.07) is 7.86. The SMILES string of the molecule is CC1CCC(C)N(c2ccc(Br)cc2CNC(C)C)C1. The summed E-state index contributed by atoms with van der Waals surface area (Å²) >= 11 is 3.61. The Labute approximate surface area is 132 Å². The van der Waals surface area contributed by atoms with E-state index >= 15 is 0 Å². The molecule has 1 aliphatic heterocycles. The van der Waals surface area contributed by atoms with Crippen LogP contribution in [0, 0.1) is 5.92 Å². The maximum absolute atomic E-state index is 3.61. The third-order valence-corrected chi connectivity index (χ3v) is 4.66. The molecular formula is C17H27BrN2. The number of nitrogens with zero attached hydrogens (tertiary/aromatic N) is 1. The summed E-state index contributed by atoms with van der Waals surface area (Å²) in [7, 11) is 0. The minimum absolute atomic E-state index is 0.513. The zero-order valence-electron chi connectivity index (χ0n) is 13.1. The van der Waals surface area contributed by atoms with E-state index in [9.17, 15) is 0 Å². The maximum Gasteiger partial charge on any atom is 0.0415 e. The van der Waals surface area contributed by atoms with E-state index in [1.807, 2.05) is 0 Å². The van der Waals surface area contributed by atoms with E-state index in [1.54, 1.807) is 0 Å². The van der Waals surface area contributed by atoms with Gasteiger partial charge in [-0.15, -0.1) is 0 Å². The van der Waals surface area contributed by atoms with Crippen LogP contribution in [0.1, 0.15) is 46.1 Å². The molecule has 3 heteroatoms. The molecule has 1 aliphatic rings. The molecule has 0 aliphatic carbocycles. The van der Waals surface area contributed by atoms with Gasteiger partial charge in [0, 0.05) is 35.3 Å². The first-order valence-corrected chi connectivity index (χ1v) is 8.55. The number of halogens is 1. The Morgan fingerprint density at radius 2 is 2.05 bits per heavy atom. The Morgan fingerprint density at radius 3 is 2.75 bits per heavy atom. The standard InChI is InChI=1S/C17H27BrN2/c1-12(2)19-10-15-9-16(18)7-8-17(15)20-11-13(3)5-6-14(20)4/h7-9,12-14,19H,5-6,10-11H2,1-4H3. The summed E-state index contributed by atoms with van der Waals surface area (Å²) in [6.45, 7) is 11.2. The van der Waals surface area contributed by atoms with Crippen LogP contribution in [0.3, 0.4) is 0 Å². The molecule has 1 fully saturated rings. The van der Waals surface area contributed by atoms with E-state index in [0.717, 1.165) is 12.5 Å². The second-order valence-corrected chi connectivity index (χ2v) is 7.41. The molecule has 0 spiro atoms. The molecule has 2 nitrogen and oxygen atoms in total. The van der Waals surface area contributed by atoms with Gasteiger partial charge in [0.2, 0.25) is 0 Å². The molecule has 0 amide bonds. The molecular weight excluding hydrogens is 312 g/mol. The van der Waals surface area contributed by atoms with E-state index in [0.29, 0.717) is 12.1 Å². The number of nitrogens with one attached hydrogen (secondary N) is 1. The van der Waals surface area contributed by atoms with Crippen LogP contribution in [0.2, 0.25) is 0 Å². The molecule has 2 atom stereocenters. The molecule has 0 saturated carbocycles. The molecule has 1 N–H and O–H groups in total. The van der Waals surface area contributed by atoms with Crippen LogP contribution in [-0.4, -0.2) is 18.6 Å². The molecule has 0 bridgehead atoms.